The topological polar surface area (TPSA) is 66.7 Å². The van der Waals surface area contributed by atoms with Gasteiger partial charge in [0.2, 0.25) is 5.91 Å². The van der Waals surface area contributed by atoms with Crippen LogP contribution >= 0.6 is 0 Å². The van der Waals surface area contributed by atoms with Crippen LogP contribution < -0.4 is 0 Å². The molecular formula is C15H19N3O3. The van der Waals surface area contributed by atoms with Gasteiger partial charge in [0.25, 0.3) is 5.91 Å². The summed E-state index contributed by atoms with van der Waals surface area (Å²) in [5.41, 5.74) is 1.13. The highest BCUT2D eigenvalue weighted by molar-refractivity contribution is 5.96. The summed E-state index contributed by atoms with van der Waals surface area (Å²) in [6.07, 6.45) is 5.24. The van der Waals surface area contributed by atoms with Gasteiger partial charge in [0.05, 0.1) is 17.8 Å². The van der Waals surface area contributed by atoms with Crippen molar-refractivity contribution in [1.29, 1.82) is 0 Å². The largest absolute Gasteiger partial charge is 0.364 e. The van der Waals surface area contributed by atoms with Gasteiger partial charge < -0.3 is 14.3 Å². The lowest BCUT2D eigenvalue weighted by Gasteiger charge is -2.25. The molecule has 2 atom stereocenters. The van der Waals surface area contributed by atoms with Crippen LogP contribution in [0.3, 0.4) is 0 Å². The molecule has 6 heteroatoms. The number of fused-ring (bicyclic) bond motifs is 1. The Morgan fingerprint density at radius 3 is 2.86 bits per heavy atom. The molecule has 0 unspecified atom stereocenters. The van der Waals surface area contributed by atoms with E-state index in [1.54, 1.807) is 6.92 Å². The number of hydrogen-bond acceptors (Lipinski definition) is 4. The third-order valence-electron chi connectivity index (χ3n) is 5.01. The first-order valence-electron chi connectivity index (χ1n) is 7.66. The van der Waals surface area contributed by atoms with Crippen molar-refractivity contribution in [2.45, 2.75) is 44.7 Å². The molecule has 0 spiro atoms. The average Bonchev–Trinajstić information content (AvgIpc) is 2.90. The maximum atomic E-state index is 12.6. The van der Waals surface area contributed by atoms with Crippen molar-refractivity contribution in [2.24, 2.45) is 5.92 Å². The fourth-order valence-corrected chi connectivity index (χ4v) is 3.65. The molecule has 0 bridgehead atoms. The maximum Gasteiger partial charge on any atom is 0.259 e. The van der Waals surface area contributed by atoms with E-state index in [9.17, 15) is 9.59 Å². The molecule has 3 fully saturated rings. The van der Waals surface area contributed by atoms with E-state index in [0.717, 1.165) is 13.0 Å². The molecule has 0 radical (unpaired) electrons. The number of carbonyl (C=O) groups excluding carboxylic acids is 2. The summed E-state index contributed by atoms with van der Waals surface area (Å²) in [5, 5.41) is 3.77. The second-order valence-corrected chi connectivity index (χ2v) is 6.43. The standard InChI is InChI=1S/C15H19N3O3/c1-9-11(8-21-16-9)15(20)17-5-4-12-13(17)6-14(19)18(12)7-10-2-3-10/h8,10,12-13H,2-7H2,1H3/t12-,13-/m0/s1. The SMILES string of the molecule is Cc1nocc1C(=O)N1CC[C@H]2[C@@H]1CC(=O)N2CC1CC1. The van der Waals surface area contributed by atoms with E-state index < -0.39 is 0 Å². The zero-order valence-corrected chi connectivity index (χ0v) is 12.1. The fourth-order valence-electron chi connectivity index (χ4n) is 3.65. The third kappa shape index (κ3) is 2.04. The van der Waals surface area contributed by atoms with Crippen LogP contribution in [0.25, 0.3) is 0 Å². The lowest BCUT2D eigenvalue weighted by atomic mass is 10.1. The Balaban J connectivity index is 1.53. The van der Waals surface area contributed by atoms with Crippen molar-refractivity contribution in [2.75, 3.05) is 13.1 Å². The Bertz CT molecular complexity index is 593. The summed E-state index contributed by atoms with van der Waals surface area (Å²) in [6.45, 7) is 3.37. The number of aryl methyl sites for hydroxylation is 1. The van der Waals surface area contributed by atoms with E-state index >= 15 is 0 Å². The monoisotopic (exact) mass is 289 g/mol. The normalized spacial score (nSPS) is 28.3. The third-order valence-corrected chi connectivity index (χ3v) is 5.01. The predicted molar refractivity (Wildman–Crippen MR) is 73.5 cm³/mol. The van der Waals surface area contributed by atoms with E-state index in [1.165, 1.54) is 19.1 Å². The Hall–Kier alpha value is -1.85. The zero-order chi connectivity index (χ0) is 14.6. The highest BCUT2D eigenvalue weighted by atomic mass is 16.5. The van der Waals surface area contributed by atoms with E-state index in [0.29, 0.717) is 30.1 Å². The van der Waals surface area contributed by atoms with E-state index in [2.05, 4.69) is 5.16 Å². The molecule has 0 N–H and O–H groups in total. The Kier molecular flexibility index (Phi) is 2.80. The van der Waals surface area contributed by atoms with Gasteiger partial charge in [-0.15, -0.1) is 0 Å². The summed E-state index contributed by atoms with van der Waals surface area (Å²) < 4.78 is 4.87. The molecule has 1 aliphatic carbocycles. The number of rotatable bonds is 3. The van der Waals surface area contributed by atoms with Crippen molar-refractivity contribution < 1.29 is 14.1 Å². The fraction of sp³-hybridized carbons (Fsp3) is 0.667. The van der Waals surface area contributed by atoms with Crippen molar-refractivity contribution in [3.8, 4) is 0 Å². The number of carbonyl (C=O) groups is 2. The second-order valence-electron chi connectivity index (χ2n) is 6.43. The molecular weight excluding hydrogens is 270 g/mol. The summed E-state index contributed by atoms with van der Waals surface area (Å²) >= 11 is 0. The molecule has 6 nitrogen and oxygen atoms in total. The smallest absolute Gasteiger partial charge is 0.259 e. The molecule has 1 aromatic rings. The van der Waals surface area contributed by atoms with Crippen LogP contribution in [0.2, 0.25) is 0 Å². The van der Waals surface area contributed by atoms with Gasteiger partial charge in [-0.25, -0.2) is 0 Å². The van der Waals surface area contributed by atoms with Gasteiger partial charge in [-0.05, 0) is 32.1 Å². The molecule has 1 aromatic heterocycles. The van der Waals surface area contributed by atoms with Crippen LogP contribution in [0.5, 0.6) is 0 Å². The van der Waals surface area contributed by atoms with Gasteiger partial charge >= 0.3 is 0 Å². The van der Waals surface area contributed by atoms with Crippen LogP contribution in [0.1, 0.15) is 41.7 Å². The van der Waals surface area contributed by atoms with Crippen molar-refractivity contribution in [1.82, 2.24) is 15.0 Å². The number of aromatic nitrogens is 1. The Morgan fingerprint density at radius 1 is 1.38 bits per heavy atom. The minimum Gasteiger partial charge on any atom is -0.364 e. The summed E-state index contributed by atoms with van der Waals surface area (Å²) in [6, 6.07) is 0.236. The molecule has 1 saturated carbocycles. The highest BCUT2D eigenvalue weighted by Crippen LogP contribution is 2.38. The average molecular weight is 289 g/mol. The van der Waals surface area contributed by atoms with Gasteiger partial charge in [0.15, 0.2) is 0 Å². The number of amides is 2. The number of likely N-dealkylation sites (tertiary alicyclic amines) is 2. The van der Waals surface area contributed by atoms with Crippen LogP contribution in [0, 0.1) is 12.8 Å². The van der Waals surface area contributed by atoms with Gasteiger partial charge in [0.1, 0.15) is 11.8 Å². The molecule has 21 heavy (non-hydrogen) atoms. The summed E-state index contributed by atoms with van der Waals surface area (Å²) in [7, 11) is 0. The van der Waals surface area contributed by atoms with Gasteiger partial charge in [0, 0.05) is 19.5 Å². The number of nitrogens with zero attached hydrogens (tertiary/aromatic N) is 3. The van der Waals surface area contributed by atoms with Crippen LogP contribution in [0.15, 0.2) is 10.8 Å². The van der Waals surface area contributed by atoms with E-state index in [-0.39, 0.29) is 23.9 Å². The van der Waals surface area contributed by atoms with Crippen molar-refractivity contribution >= 4 is 11.8 Å². The van der Waals surface area contributed by atoms with Gasteiger partial charge in [-0.3, -0.25) is 9.59 Å². The summed E-state index contributed by atoms with van der Waals surface area (Å²) in [5.74, 6) is 0.844. The molecule has 3 aliphatic rings. The Labute approximate surface area is 123 Å². The molecule has 3 heterocycles. The highest BCUT2D eigenvalue weighted by Gasteiger charge is 2.49. The molecule has 2 amide bonds. The zero-order valence-electron chi connectivity index (χ0n) is 12.1. The van der Waals surface area contributed by atoms with E-state index in [1.807, 2.05) is 9.80 Å². The van der Waals surface area contributed by atoms with Crippen LogP contribution in [0.4, 0.5) is 0 Å². The molecule has 2 aliphatic heterocycles. The molecule has 4 rings (SSSR count). The lowest BCUT2D eigenvalue weighted by Crippen LogP contribution is -2.40. The minimum absolute atomic E-state index is 0.0260. The second kappa shape index (κ2) is 4.58. The first-order chi connectivity index (χ1) is 10.1. The van der Waals surface area contributed by atoms with Crippen molar-refractivity contribution in [3.63, 3.8) is 0 Å². The van der Waals surface area contributed by atoms with Crippen LogP contribution in [-0.2, 0) is 4.79 Å². The van der Waals surface area contributed by atoms with Crippen molar-refractivity contribution in [3.05, 3.63) is 17.5 Å². The number of hydrogen-bond donors (Lipinski definition) is 0. The minimum atomic E-state index is -0.0534. The molecule has 112 valence electrons. The van der Waals surface area contributed by atoms with Gasteiger partial charge in [-0.2, -0.15) is 0 Å². The molecule has 2 saturated heterocycles. The van der Waals surface area contributed by atoms with Crippen LogP contribution in [-0.4, -0.2) is 51.9 Å². The maximum absolute atomic E-state index is 12.6. The van der Waals surface area contributed by atoms with Gasteiger partial charge in [-0.1, -0.05) is 5.16 Å². The summed E-state index contributed by atoms with van der Waals surface area (Å²) in [4.78, 5) is 28.7. The first kappa shape index (κ1) is 12.9. The lowest BCUT2D eigenvalue weighted by molar-refractivity contribution is -0.129. The van der Waals surface area contributed by atoms with E-state index in [4.69, 9.17) is 4.52 Å². The predicted octanol–water partition coefficient (Wildman–Crippen LogP) is 1.21. The first-order valence-corrected chi connectivity index (χ1v) is 7.66. The Morgan fingerprint density at radius 2 is 2.19 bits per heavy atom. The quantitative estimate of drug-likeness (QED) is 0.839. The molecule has 0 aromatic carbocycles.